The van der Waals surface area contributed by atoms with Crippen molar-refractivity contribution in [2.24, 2.45) is 7.05 Å². The van der Waals surface area contributed by atoms with Crippen LogP contribution in [0.4, 0.5) is 5.69 Å². The van der Waals surface area contributed by atoms with Gasteiger partial charge in [-0.25, -0.2) is 4.98 Å². The molecule has 1 amide bonds. The minimum atomic E-state index is -0.0568. The van der Waals surface area contributed by atoms with Crippen molar-refractivity contribution in [2.75, 3.05) is 5.32 Å². The first-order valence-corrected chi connectivity index (χ1v) is 11.3. The summed E-state index contributed by atoms with van der Waals surface area (Å²) in [6.07, 6.45) is 0.270. The Balaban J connectivity index is 1.35. The molecule has 0 spiro atoms. The molecular weight excluding hydrogens is 414 g/mol. The second-order valence-electron chi connectivity index (χ2n) is 6.79. The maximum absolute atomic E-state index is 12.3. The van der Waals surface area contributed by atoms with Crippen LogP contribution in [0.5, 0.6) is 0 Å². The summed E-state index contributed by atoms with van der Waals surface area (Å²) in [5, 5.41) is 15.2. The highest BCUT2D eigenvalue weighted by atomic mass is 32.2. The number of thiazole rings is 1. The first-order chi connectivity index (χ1) is 14.6. The van der Waals surface area contributed by atoms with E-state index in [2.05, 4.69) is 20.5 Å². The van der Waals surface area contributed by atoms with Crippen molar-refractivity contribution >= 4 is 34.7 Å². The number of carbonyl (C=O) groups is 1. The lowest BCUT2D eigenvalue weighted by Crippen LogP contribution is -2.15. The Morgan fingerprint density at radius 2 is 1.87 bits per heavy atom. The first-order valence-electron chi connectivity index (χ1n) is 9.46. The lowest BCUT2D eigenvalue weighted by atomic mass is 10.2. The predicted octanol–water partition coefficient (Wildman–Crippen LogP) is 4.72. The van der Waals surface area contributed by atoms with E-state index in [1.165, 1.54) is 11.3 Å². The summed E-state index contributed by atoms with van der Waals surface area (Å²) >= 11 is 3.09. The first kappa shape index (κ1) is 20.3. The van der Waals surface area contributed by atoms with Crippen LogP contribution in [0.1, 0.15) is 16.3 Å². The van der Waals surface area contributed by atoms with Crippen molar-refractivity contribution in [3.05, 3.63) is 76.2 Å². The minimum Gasteiger partial charge on any atom is -0.325 e. The fourth-order valence-electron chi connectivity index (χ4n) is 2.96. The second kappa shape index (κ2) is 9.23. The number of thioether (sulfide) groups is 1. The van der Waals surface area contributed by atoms with Gasteiger partial charge >= 0.3 is 0 Å². The summed E-state index contributed by atoms with van der Waals surface area (Å²) in [6, 6.07) is 17.8. The van der Waals surface area contributed by atoms with Gasteiger partial charge < -0.3 is 9.88 Å². The van der Waals surface area contributed by atoms with Crippen LogP contribution in [-0.4, -0.2) is 25.7 Å². The highest BCUT2D eigenvalue weighted by Crippen LogP contribution is 2.26. The molecule has 0 saturated carbocycles. The lowest BCUT2D eigenvalue weighted by Gasteiger charge is -2.06. The normalized spacial score (nSPS) is 10.9. The summed E-state index contributed by atoms with van der Waals surface area (Å²) in [5.41, 5.74) is 3.86. The van der Waals surface area contributed by atoms with E-state index in [1.807, 2.05) is 78.5 Å². The fourth-order valence-corrected chi connectivity index (χ4v) is 4.66. The van der Waals surface area contributed by atoms with E-state index in [1.54, 1.807) is 11.8 Å². The zero-order valence-corrected chi connectivity index (χ0v) is 18.3. The van der Waals surface area contributed by atoms with Crippen LogP contribution in [0.2, 0.25) is 0 Å². The summed E-state index contributed by atoms with van der Waals surface area (Å²) in [7, 11) is 1.97. The number of carbonyl (C=O) groups excluding carboxylic acids is 1. The fraction of sp³-hybridized carbons (Fsp3) is 0.182. The van der Waals surface area contributed by atoms with E-state index in [4.69, 9.17) is 0 Å². The molecule has 0 atom stereocenters. The van der Waals surface area contributed by atoms with E-state index in [0.29, 0.717) is 5.75 Å². The van der Waals surface area contributed by atoms with E-state index in [9.17, 15) is 4.79 Å². The molecule has 0 aliphatic carbocycles. The maximum atomic E-state index is 12.3. The van der Waals surface area contributed by atoms with Crippen molar-refractivity contribution in [3.8, 4) is 11.4 Å². The SMILES string of the molecule is Cc1ccccc1NC(=O)Cc1nc(CSc2nnc(-c3ccccc3)n2C)cs1. The van der Waals surface area contributed by atoms with Crippen LogP contribution in [0.15, 0.2) is 65.1 Å². The van der Waals surface area contributed by atoms with Gasteiger partial charge in [0.2, 0.25) is 5.91 Å². The van der Waals surface area contributed by atoms with Crippen molar-refractivity contribution in [1.29, 1.82) is 0 Å². The number of aryl methyl sites for hydroxylation is 1. The number of nitrogens with zero attached hydrogens (tertiary/aromatic N) is 4. The smallest absolute Gasteiger partial charge is 0.231 e. The number of para-hydroxylation sites is 1. The third-order valence-corrected chi connectivity index (χ3v) is 6.50. The monoisotopic (exact) mass is 435 g/mol. The highest BCUT2D eigenvalue weighted by molar-refractivity contribution is 7.98. The van der Waals surface area contributed by atoms with Crippen LogP contribution in [0.3, 0.4) is 0 Å². The molecule has 0 fully saturated rings. The van der Waals surface area contributed by atoms with Gasteiger partial charge in [-0.3, -0.25) is 4.79 Å². The van der Waals surface area contributed by atoms with Gasteiger partial charge in [-0.15, -0.1) is 21.5 Å². The number of rotatable bonds is 7. The van der Waals surface area contributed by atoms with Crippen LogP contribution >= 0.6 is 23.1 Å². The second-order valence-corrected chi connectivity index (χ2v) is 8.68. The van der Waals surface area contributed by atoms with Crippen LogP contribution in [0.25, 0.3) is 11.4 Å². The highest BCUT2D eigenvalue weighted by Gasteiger charge is 2.13. The van der Waals surface area contributed by atoms with Crippen molar-refractivity contribution in [3.63, 3.8) is 0 Å². The molecule has 8 heteroatoms. The van der Waals surface area contributed by atoms with Gasteiger partial charge in [-0.1, -0.05) is 60.3 Å². The molecule has 1 N–H and O–H groups in total. The number of nitrogens with one attached hydrogen (secondary N) is 1. The number of anilines is 1. The molecule has 0 unspecified atom stereocenters. The van der Waals surface area contributed by atoms with Gasteiger partial charge in [0.05, 0.1) is 12.1 Å². The van der Waals surface area contributed by atoms with Crippen LogP contribution in [0, 0.1) is 6.92 Å². The van der Waals surface area contributed by atoms with E-state index >= 15 is 0 Å². The average molecular weight is 436 g/mol. The largest absolute Gasteiger partial charge is 0.325 e. The quantitative estimate of drug-likeness (QED) is 0.425. The Labute approximate surface area is 183 Å². The Morgan fingerprint density at radius 1 is 1.10 bits per heavy atom. The minimum absolute atomic E-state index is 0.0568. The lowest BCUT2D eigenvalue weighted by molar-refractivity contribution is -0.115. The summed E-state index contributed by atoms with van der Waals surface area (Å²) in [4.78, 5) is 16.9. The van der Waals surface area contributed by atoms with Gasteiger partial charge in [0.25, 0.3) is 0 Å². The molecule has 0 aliphatic heterocycles. The van der Waals surface area contributed by atoms with Crippen LogP contribution in [-0.2, 0) is 24.0 Å². The summed E-state index contributed by atoms with van der Waals surface area (Å²) in [6.45, 7) is 1.98. The average Bonchev–Trinajstić information content (AvgIpc) is 3.35. The molecule has 0 aliphatic rings. The summed E-state index contributed by atoms with van der Waals surface area (Å²) in [5.74, 6) is 1.46. The molecule has 0 radical (unpaired) electrons. The van der Waals surface area contributed by atoms with Crippen molar-refractivity contribution < 1.29 is 4.79 Å². The number of amides is 1. The molecule has 30 heavy (non-hydrogen) atoms. The third kappa shape index (κ3) is 4.77. The molecule has 4 aromatic rings. The van der Waals surface area contributed by atoms with Gasteiger partial charge in [0.15, 0.2) is 11.0 Å². The van der Waals surface area contributed by atoms with Crippen molar-refractivity contribution in [2.45, 2.75) is 24.3 Å². The predicted molar refractivity (Wildman–Crippen MR) is 122 cm³/mol. The summed E-state index contributed by atoms with van der Waals surface area (Å²) < 4.78 is 1.99. The zero-order chi connectivity index (χ0) is 20.9. The molecule has 4 rings (SSSR count). The molecule has 6 nitrogen and oxygen atoms in total. The van der Waals surface area contributed by atoms with Gasteiger partial charge in [0.1, 0.15) is 5.01 Å². The number of aromatic nitrogens is 4. The van der Waals surface area contributed by atoms with E-state index < -0.39 is 0 Å². The van der Waals surface area contributed by atoms with Crippen LogP contribution < -0.4 is 5.32 Å². The molecule has 152 valence electrons. The Bertz CT molecular complexity index is 1150. The van der Waals surface area contributed by atoms with Crippen molar-refractivity contribution in [1.82, 2.24) is 19.7 Å². The maximum Gasteiger partial charge on any atom is 0.231 e. The van der Waals surface area contributed by atoms with Gasteiger partial charge in [0, 0.05) is 29.4 Å². The Hall–Kier alpha value is -2.97. The molecule has 0 bridgehead atoms. The number of benzene rings is 2. The zero-order valence-electron chi connectivity index (χ0n) is 16.7. The molecule has 2 aromatic heterocycles. The van der Waals surface area contributed by atoms with Gasteiger partial charge in [-0.2, -0.15) is 0 Å². The standard InChI is InChI=1S/C22H21N5OS2/c1-15-8-6-7-11-18(15)24-19(28)12-20-23-17(13-29-20)14-30-22-26-25-21(27(22)2)16-9-4-3-5-10-16/h3-11,13H,12,14H2,1-2H3,(H,24,28). The molecule has 2 heterocycles. The number of hydrogen-bond acceptors (Lipinski definition) is 6. The Kier molecular flexibility index (Phi) is 6.25. The van der Waals surface area contributed by atoms with E-state index in [0.717, 1.165) is 38.5 Å². The van der Waals surface area contributed by atoms with E-state index in [-0.39, 0.29) is 12.3 Å². The van der Waals surface area contributed by atoms with Gasteiger partial charge in [-0.05, 0) is 18.6 Å². The molecule has 2 aromatic carbocycles. The third-order valence-electron chi connectivity index (χ3n) is 4.55. The Morgan fingerprint density at radius 3 is 2.67 bits per heavy atom. The molecule has 0 saturated heterocycles. The topological polar surface area (TPSA) is 72.7 Å². The molecular formula is C22H21N5OS2. The number of hydrogen-bond donors (Lipinski definition) is 1.